The van der Waals surface area contributed by atoms with Gasteiger partial charge in [0, 0.05) is 11.4 Å². The van der Waals surface area contributed by atoms with Gasteiger partial charge in [-0.1, -0.05) is 6.42 Å². The van der Waals surface area contributed by atoms with Crippen LogP contribution in [0.3, 0.4) is 0 Å². The Morgan fingerprint density at radius 1 is 1.33 bits per heavy atom. The summed E-state index contributed by atoms with van der Waals surface area (Å²) >= 11 is 0. The maximum Gasteiger partial charge on any atom is 0.238 e. The molecular weight excluding hydrogens is 226 g/mol. The molecule has 18 heavy (non-hydrogen) atoms. The predicted octanol–water partition coefficient (Wildman–Crippen LogP) is 2.00. The van der Waals surface area contributed by atoms with Crippen molar-refractivity contribution in [1.29, 1.82) is 0 Å². The fraction of sp³-hybridized carbons (Fsp3) is 0.500. The second kappa shape index (κ2) is 5.87. The molecular formula is C14H21N3O. The summed E-state index contributed by atoms with van der Waals surface area (Å²) in [5.74, 6) is 0.0600. The summed E-state index contributed by atoms with van der Waals surface area (Å²) in [6.45, 7) is 4.51. The molecule has 1 aromatic carbocycles. The number of piperidine rings is 1. The number of aryl methyl sites for hydroxylation is 1. The summed E-state index contributed by atoms with van der Waals surface area (Å²) in [5.41, 5.74) is 8.27. The minimum absolute atomic E-state index is 0.0600. The molecule has 98 valence electrons. The molecule has 0 bridgehead atoms. The molecule has 0 radical (unpaired) electrons. The smallest absolute Gasteiger partial charge is 0.238 e. The minimum atomic E-state index is 0.0600. The largest absolute Gasteiger partial charge is 0.399 e. The molecule has 1 saturated heterocycles. The van der Waals surface area contributed by atoms with Crippen LogP contribution in [0.2, 0.25) is 0 Å². The number of carbonyl (C=O) groups excluding carboxylic acids is 1. The van der Waals surface area contributed by atoms with Gasteiger partial charge in [0.1, 0.15) is 0 Å². The molecule has 1 amide bonds. The van der Waals surface area contributed by atoms with Crippen molar-refractivity contribution in [2.45, 2.75) is 26.2 Å². The van der Waals surface area contributed by atoms with Crippen LogP contribution >= 0.6 is 0 Å². The Hall–Kier alpha value is -1.55. The van der Waals surface area contributed by atoms with Crippen molar-refractivity contribution >= 4 is 17.3 Å². The van der Waals surface area contributed by atoms with Gasteiger partial charge in [-0.3, -0.25) is 9.69 Å². The number of anilines is 2. The van der Waals surface area contributed by atoms with Crippen molar-refractivity contribution in [3.63, 3.8) is 0 Å². The Morgan fingerprint density at radius 3 is 2.72 bits per heavy atom. The first-order chi connectivity index (χ1) is 8.65. The fourth-order valence-corrected chi connectivity index (χ4v) is 2.34. The Balaban J connectivity index is 1.90. The topological polar surface area (TPSA) is 58.4 Å². The second-order valence-electron chi connectivity index (χ2n) is 4.96. The van der Waals surface area contributed by atoms with Crippen LogP contribution in [0.15, 0.2) is 18.2 Å². The van der Waals surface area contributed by atoms with Crippen LogP contribution in [0.4, 0.5) is 11.4 Å². The van der Waals surface area contributed by atoms with Crippen LogP contribution in [-0.4, -0.2) is 30.4 Å². The Morgan fingerprint density at radius 2 is 2.06 bits per heavy atom. The summed E-state index contributed by atoms with van der Waals surface area (Å²) in [6, 6.07) is 5.54. The molecule has 2 rings (SSSR count). The Kier molecular flexibility index (Phi) is 4.20. The van der Waals surface area contributed by atoms with E-state index in [1.807, 2.05) is 25.1 Å². The normalized spacial score (nSPS) is 16.5. The quantitative estimate of drug-likeness (QED) is 0.803. The summed E-state index contributed by atoms with van der Waals surface area (Å²) in [6.07, 6.45) is 3.69. The van der Waals surface area contributed by atoms with Crippen molar-refractivity contribution in [1.82, 2.24) is 4.90 Å². The number of rotatable bonds is 3. The number of carbonyl (C=O) groups is 1. The zero-order chi connectivity index (χ0) is 13.0. The highest BCUT2D eigenvalue weighted by Crippen LogP contribution is 2.17. The zero-order valence-corrected chi connectivity index (χ0v) is 10.9. The van der Waals surface area contributed by atoms with Crippen molar-refractivity contribution in [2.24, 2.45) is 0 Å². The molecule has 1 fully saturated rings. The second-order valence-corrected chi connectivity index (χ2v) is 4.96. The standard InChI is InChI=1S/C14H21N3O/c1-11-9-12(15)5-6-13(11)16-14(18)10-17-7-3-2-4-8-17/h5-6,9H,2-4,7-8,10,15H2,1H3,(H,16,18). The van der Waals surface area contributed by atoms with Gasteiger partial charge < -0.3 is 11.1 Å². The third kappa shape index (κ3) is 3.47. The molecule has 4 nitrogen and oxygen atoms in total. The van der Waals surface area contributed by atoms with Gasteiger partial charge in [-0.2, -0.15) is 0 Å². The Labute approximate surface area is 108 Å². The van der Waals surface area contributed by atoms with Crippen LogP contribution in [0.5, 0.6) is 0 Å². The lowest BCUT2D eigenvalue weighted by atomic mass is 10.1. The van der Waals surface area contributed by atoms with Gasteiger partial charge in [0.15, 0.2) is 0 Å². The summed E-state index contributed by atoms with van der Waals surface area (Å²) in [7, 11) is 0. The first kappa shape index (κ1) is 12.9. The van der Waals surface area contributed by atoms with Crippen LogP contribution < -0.4 is 11.1 Å². The molecule has 0 atom stereocenters. The van der Waals surface area contributed by atoms with Gasteiger partial charge in [0.25, 0.3) is 0 Å². The van der Waals surface area contributed by atoms with Crippen molar-refractivity contribution in [3.05, 3.63) is 23.8 Å². The van der Waals surface area contributed by atoms with Crippen molar-refractivity contribution in [3.8, 4) is 0 Å². The Bertz CT molecular complexity index is 425. The molecule has 0 unspecified atom stereocenters. The van der Waals surface area contributed by atoms with E-state index in [2.05, 4.69) is 10.2 Å². The van der Waals surface area contributed by atoms with E-state index in [-0.39, 0.29) is 5.91 Å². The first-order valence-corrected chi connectivity index (χ1v) is 6.53. The van der Waals surface area contributed by atoms with Gasteiger partial charge in [-0.15, -0.1) is 0 Å². The third-order valence-electron chi connectivity index (χ3n) is 3.34. The molecule has 4 heteroatoms. The number of benzene rings is 1. The highest BCUT2D eigenvalue weighted by atomic mass is 16.2. The molecule has 0 aliphatic carbocycles. The van der Waals surface area contributed by atoms with Gasteiger partial charge in [-0.05, 0) is 56.6 Å². The number of nitrogens with zero attached hydrogens (tertiary/aromatic N) is 1. The van der Waals surface area contributed by atoms with E-state index in [1.54, 1.807) is 0 Å². The number of likely N-dealkylation sites (tertiary alicyclic amines) is 1. The van der Waals surface area contributed by atoms with Gasteiger partial charge in [0.05, 0.1) is 6.54 Å². The van der Waals surface area contributed by atoms with E-state index in [0.29, 0.717) is 6.54 Å². The number of nitrogens with one attached hydrogen (secondary N) is 1. The lowest BCUT2D eigenvalue weighted by Gasteiger charge is -2.25. The predicted molar refractivity (Wildman–Crippen MR) is 74.5 cm³/mol. The van der Waals surface area contributed by atoms with Crippen LogP contribution in [0.1, 0.15) is 24.8 Å². The molecule has 1 aliphatic heterocycles. The number of nitrogen functional groups attached to an aromatic ring is 1. The molecule has 0 saturated carbocycles. The first-order valence-electron chi connectivity index (χ1n) is 6.53. The number of nitrogens with two attached hydrogens (primary N) is 1. The van der Waals surface area contributed by atoms with Gasteiger partial charge in [-0.25, -0.2) is 0 Å². The molecule has 1 aliphatic rings. The van der Waals surface area contributed by atoms with E-state index in [9.17, 15) is 4.79 Å². The van der Waals surface area contributed by atoms with E-state index < -0.39 is 0 Å². The van der Waals surface area contributed by atoms with Gasteiger partial charge in [0.2, 0.25) is 5.91 Å². The SMILES string of the molecule is Cc1cc(N)ccc1NC(=O)CN1CCCCC1. The average Bonchev–Trinajstić information content (AvgIpc) is 2.34. The van der Waals surface area contributed by atoms with E-state index >= 15 is 0 Å². The lowest BCUT2D eigenvalue weighted by molar-refractivity contribution is -0.117. The number of amides is 1. The highest BCUT2D eigenvalue weighted by Gasteiger charge is 2.14. The fourth-order valence-electron chi connectivity index (χ4n) is 2.34. The van der Waals surface area contributed by atoms with E-state index in [0.717, 1.165) is 30.0 Å². The third-order valence-corrected chi connectivity index (χ3v) is 3.34. The van der Waals surface area contributed by atoms with Crippen LogP contribution in [0.25, 0.3) is 0 Å². The van der Waals surface area contributed by atoms with E-state index in [4.69, 9.17) is 5.73 Å². The summed E-state index contributed by atoms with van der Waals surface area (Å²) < 4.78 is 0. The maximum atomic E-state index is 11.9. The lowest BCUT2D eigenvalue weighted by Crippen LogP contribution is -2.36. The summed E-state index contributed by atoms with van der Waals surface area (Å²) in [5, 5.41) is 2.95. The molecule has 3 N–H and O–H groups in total. The maximum absolute atomic E-state index is 11.9. The molecule has 0 spiro atoms. The minimum Gasteiger partial charge on any atom is -0.399 e. The molecule has 1 aromatic rings. The number of hydrogen-bond acceptors (Lipinski definition) is 3. The van der Waals surface area contributed by atoms with Crippen molar-refractivity contribution < 1.29 is 4.79 Å². The zero-order valence-electron chi connectivity index (χ0n) is 10.9. The highest BCUT2D eigenvalue weighted by molar-refractivity contribution is 5.93. The monoisotopic (exact) mass is 247 g/mol. The molecule has 1 heterocycles. The average molecular weight is 247 g/mol. The van der Waals surface area contributed by atoms with Crippen molar-refractivity contribution in [2.75, 3.05) is 30.7 Å². The molecule has 0 aromatic heterocycles. The van der Waals surface area contributed by atoms with Gasteiger partial charge >= 0.3 is 0 Å². The summed E-state index contributed by atoms with van der Waals surface area (Å²) in [4.78, 5) is 14.1. The van der Waals surface area contributed by atoms with E-state index in [1.165, 1.54) is 19.3 Å². The van der Waals surface area contributed by atoms with Crippen LogP contribution in [0, 0.1) is 6.92 Å². The number of hydrogen-bond donors (Lipinski definition) is 2. The van der Waals surface area contributed by atoms with Crippen LogP contribution in [-0.2, 0) is 4.79 Å².